The number of carbonyl (C=O) groups excluding carboxylic acids is 1. The third kappa shape index (κ3) is 2.73. The van der Waals surface area contributed by atoms with Gasteiger partial charge in [0.25, 0.3) is 5.89 Å². The Hall–Kier alpha value is -2.48. The number of hydrogen-bond donors (Lipinski definition) is 1. The summed E-state index contributed by atoms with van der Waals surface area (Å²) in [5.41, 5.74) is 2.82. The molecule has 0 unspecified atom stereocenters. The standard InChI is InChI=1S/C16H19N5O3/c1-16(9-21(10-16)15(22)20-24-11-5-4-6-11)14-19-18-13(23-14)12-7-2-3-8-17-12/h2-3,7-8,11H,4-6,9-10H2,1H3,(H,20,22). The van der Waals surface area contributed by atoms with Crippen molar-refractivity contribution in [3.05, 3.63) is 30.3 Å². The van der Waals surface area contributed by atoms with E-state index in [2.05, 4.69) is 20.7 Å². The molecule has 0 spiro atoms. The lowest BCUT2D eigenvalue weighted by Gasteiger charge is -2.45. The third-order valence-electron chi connectivity index (χ3n) is 4.56. The molecule has 126 valence electrons. The Morgan fingerprint density at radius 1 is 1.38 bits per heavy atom. The van der Waals surface area contributed by atoms with Gasteiger partial charge in [-0.3, -0.25) is 9.82 Å². The van der Waals surface area contributed by atoms with Crippen LogP contribution in [-0.2, 0) is 10.3 Å². The molecule has 2 fully saturated rings. The topological polar surface area (TPSA) is 93.4 Å². The molecule has 4 rings (SSSR count). The van der Waals surface area contributed by atoms with E-state index in [9.17, 15) is 4.79 Å². The molecule has 24 heavy (non-hydrogen) atoms. The summed E-state index contributed by atoms with van der Waals surface area (Å²) in [5.74, 6) is 0.912. The maximum Gasteiger partial charge on any atom is 0.341 e. The maximum atomic E-state index is 12.0. The van der Waals surface area contributed by atoms with E-state index in [0.717, 1.165) is 19.3 Å². The van der Waals surface area contributed by atoms with Crippen LogP contribution in [0.1, 0.15) is 32.1 Å². The van der Waals surface area contributed by atoms with Crippen molar-refractivity contribution in [3.63, 3.8) is 0 Å². The zero-order valence-electron chi connectivity index (χ0n) is 13.4. The highest BCUT2D eigenvalue weighted by atomic mass is 16.7. The van der Waals surface area contributed by atoms with Crippen LogP contribution in [0.4, 0.5) is 4.79 Å². The van der Waals surface area contributed by atoms with Crippen LogP contribution in [0.15, 0.2) is 28.8 Å². The van der Waals surface area contributed by atoms with Gasteiger partial charge in [-0.2, -0.15) is 0 Å². The molecule has 2 aromatic heterocycles. The number of nitrogens with zero attached hydrogens (tertiary/aromatic N) is 4. The molecule has 1 aliphatic heterocycles. The second-order valence-electron chi connectivity index (χ2n) is 6.62. The van der Waals surface area contributed by atoms with E-state index in [4.69, 9.17) is 9.25 Å². The van der Waals surface area contributed by atoms with E-state index in [-0.39, 0.29) is 17.6 Å². The van der Waals surface area contributed by atoms with E-state index in [1.165, 1.54) is 0 Å². The smallest absolute Gasteiger partial charge is 0.341 e. The Morgan fingerprint density at radius 3 is 2.88 bits per heavy atom. The molecule has 0 radical (unpaired) electrons. The third-order valence-corrected chi connectivity index (χ3v) is 4.56. The van der Waals surface area contributed by atoms with Gasteiger partial charge in [-0.1, -0.05) is 6.07 Å². The fourth-order valence-electron chi connectivity index (χ4n) is 2.82. The van der Waals surface area contributed by atoms with E-state index in [1.807, 2.05) is 25.1 Å². The molecule has 1 saturated carbocycles. The largest absolute Gasteiger partial charge is 0.419 e. The molecule has 2 aliphatic rings. The van der Waals surface area contributed by atoms with Crippen molar-refractivity contribution in [2.75, 3.05) is 13.1 Å². The van der Waals surface area contributed by atoms with Gasteiger partial charge in [0, 0.05) is 19.3 Å². The monoisotopic (exact) mass is 329 g/mol. The zero-order valence-corrected chi connectivity index (χ0v) is 13.4. The number of rotatable bonds is 4. The van der Waals surface area contributed by atoms with Gasteiger partial charge in [-0.25, -0.2) is 10.3 Å². The van der Waals surface area contributed by atoms with Gasteiger partial charge >= 0.3 is 6.03 Å². The molecular weight excluding hydrogens is 310 g/mol. The molecule has 8 heteroatoms. The van der Waals surface area contributed by atoms with Crippen LogP contribution in [0.25, 0.3) is 11.6 Å². The molecule has 0 aromatic carbocycles. The van der Waals surface area contributed by atoms with E-state index < -0.39 is 0 Å². The molecule has 1 aliphatic carbocycles. The predicted molar refractivity (Wildman–Crippen MR) is 83.7 cm³/mol. The molecule has 2 amide bonds. The minimum atomic E-state index is -0.339. The second-order valence-corrected chi connectivity index (χ2v) is 6.62. The van der Waals surface area contributed by atoms with Crippen LogP contribution in [0, 0.1) is 0 Å². The van der Waals surface area contributed by atoms with Crippen molar-refractivity contribution in [2.24, 2.45) is 0 Å². The number of hydrogen-bond acceptors (Lipinski definition) is 6. The van der Waals surface area contributed by atoms with Crippen molar-refractivity contribution < 1.29 is 14.0 Å². The van der Waals surface area contributed by atoms with Crippen LogP contribution in [0.2, 0.25) is 0 Å². The summed E-state index contributed by atoms with van der Waals surface area (Å²) in [4.78, 5) is 23.2. The fraction of sp³-hybridized carbons (Fsp3) is 0.500. The number of carbonyl (C=O) groups is 1. The summed E-state index contributed by atoms with van der Waals surface area (Å²) in [5, 5.41) is 8.19. The van der Waals surface area contributed by atoms with Crippen molar-refractivity contribution in [1.82, 2.24) is 25.6 Å². The van der Waals surface area contributed by atoms with Crippen molar-refractivity contribution in [3.8, 4) is 11.6 Å². The Labute approximate surface area is 139 Å². The number of aromatic nitrogens is 3. The first kappa shape index (κ1) is 15.1. The number of pyridine rings is 1. The molecule has 0 atom stereocenters. The number of hydroxylamine groups is 1. The molecule has 0 bridgehead atoms. The average Bonchev–Trinajstić information content (AvgIpc) is 3.01. The number of nitrogens with one attached hydrogen (secondary N) is 1. The lowest BCUT2D eigenvalue weighted by atomic mass is 9.82. The van der Waals surface area contributed by atoms with Gasteiger partial charge in [-0.15, -0.1) is 10.2 Å². The SMILES string of the molecule is CC1(c2nnc(-c3ccccn3)o2)CN(C(=O)NOC2CCC2)C1. The lowest BCUT2D eigenvalue weighted by Crippen LogP contribution is -2.62. The second kappa shape index (κ2) is 5.86. The number of amides is 2. The Kier molecular flexibility index (Phi) is 3.68. The van der Waals surface area contributed by atoms with Crippen LogP contribution in [-0.4, -0.2) is 45.3 Å². The van der Waals surface area contributed by atoms with Crippen LogP contribution in [0.5, 0.6) is 0 Å². The molecule has 8 nitrogen and oxygen atoms in total. The highest BCUT2D eigenvalue weighted by Crippen LogP contribution is 2.34. The van der Waals surface area contributed by atoms with Gasteiger partial charge in [0.2, 0.25) is 5.89 Å². The van der Waals surface area contributed by atoms with Gasteiger partial charge in [0.05, 0.1) is 11.5 Å². The summed E-state index contributed by atoms with van der Waals surface area (Å²) in [7, 11) is 0. The zero-order chi connectivity index (χ0) is 16.6. The van der Waals surface area contributed by atoms with E-state index >= 15 is 0 Å². The highest BCUT2D eigenvalue weighted by molar-refractivity contribution is 5.74. The van der Waals surface area contributed by atoms with Gasteiger partial charge in [0.15, 0.2) is 0 Å². The Balaban J connectivity index is 1.36. The summed E-state index contributed by atoms with van der Waals surface area (Å²) in [6, 6.07) is 5.29. The first-order valence-corrected chi connectivity index (χ1v) is 8.10. The normalized spacial score (nSPS) is 19.5. The molecule has 2 aromatic rings. The summed E-state index contributed by atoms with van der Waals surface area (Å²) >= 11 is 0. The molecule has 1 saturated heterocycles. The predicted octanol–water partition coefficient (Wildman–Crippen LogP) is 1.90. The highest BCUT2D eigenvalue weighted by Gasteiger charge is 2.47. The molecule has 3 heterocycles. The molecular formula is C16H19N5O3. The summed E-state index contributed by atoms with van der Waals surface area (Å²) in [6.45, 7) is 3.02. The van der Waals surface area contributed by atoms with Crippen LogP contribution < -0.4 is 5.48 Å². The fourth-order valence-corrected chi connectivity index (χ4v) is 2.82. The minimum absolute atomic E-state index is 0.165. The summed E-state index contributed by atoms with van der Waals surface area (Å²) < 4.78 is 5.76. The number of likely N-dealkylation sites (tertiary alicyclic amines) is 1. The first-order chi connectivity index (χ1) is 11.6. The van der Waals surface area contributed by atoms with Crippen molar-refractivity contribution in [1.29, 1.82) is 0 Å². The van der Waals surface area contributed by atoms with Crippen molar-refractivity contribution >= 4 is 6.03 Å². The van der Waals surface area contributed by atoms with Crippen molar-refractivity contribution in [2.45, 2.75) is 37.7 Å². The minimum Gasteiger partial charge on any atom is -0.419 e. The summed E-state index contributed by atoms with van der Waals surface area (Å²) in [6.07, 6.45) is 5.03. The van der Waals surface area contributed by atoms with E-state index in [1.54, 1.807) is 11.1 Å². The maximum absolute atomic E-state index is 12.0. The molecule has 1 N–H and O–H groups in total. The van der Waals surface area contributed by atoms with Gasteiger partial charge in [-0.05, 0) is 38.3 Å². The Morgan fingerprint density at radius 2 is 2.21 bits per heavy atom. The van der Waals surface area contributed by atoms with Crippen LogP contribution >= 0.6 is 0 Å². The van der Waals surface area contributed by atoms with Gasteiger partial charge in [0.1, 0.15) is 5.69 Å². The van der Waals surface area contributed by atoms with Gasteiger partial charge < -0.3 is 9.32 Å². The quantitative estimate of drug-likeness (QED) is 0.861. The first-order valence-electron chi connectivity index (χ1n) is 8.10. The van der Waals surface area contributed by atoms with Crippen LogP contribution in [0.3, 0.4) is 0 Å². The lowest BCUT2D eigenvalue weighted by molar-refractivity contribution is -0.0567. The Bertz CT molecular complexity index is 722. The number of urea groups is 1. The van der Waals surface area contributed by atoms with E-state index in [0.29, 0.717) is 30.6 Å². The average molecular weight is 329 g/mol.